The fourth-order valence-electron chi connectivity index (χ4n) is 3.71. The summed E-state index contributed by atoms with van der Waals surface area (Å²) in [7, 11) is 0. The van der Waals surface area contributed by atoms with Gasteiger partial charge in [-0.15, -0.1) is 10.2 Å². The summed E-state index contributed by atoms with van der Waals surface area (Å²) in [5.74, 6) is 0.386. The first kappa shape index (κ1) is 19.9. The summed E-state index contributed by atoms with van der Waals surface area (Å²) in [5, 5.41) is 16.1. The van der Waals surface area contributed by atoms with Crippen molar-refractivity contribution in [1.29, 1.82) is 0 Å². The number of fused-ring (bicyclic) bond motifs is 3. The van der Waals surface area contributed by atoms with Crippen LogP contribution in [0.3, 0.4) is 0 Å². The molecule has 0 atom stereocenters. The van der Waals surface area contributed by atoms with Gasteiger partial charge in [0.05, 0.1) is 5.69 Å². The van der Waals surface area contributed by atoms with Crippen molar-refractivity contribution in [3.63, 3.8) is 0 Å². The maximum absolute atomic E-state index is 13.2. The van der Waals surface area contributed by atoms with Crippen LogP contribution >= 0.6 is 0 Å². The van der Waals surface area contributed by atoms with Crippen molar-refractivity contribution < 1.29 is 9.18 Å². The number of nitrogens with zero attached hydrogens (tertiary/aromatic N) is 5. The van der Waals surface area contributed by atoms with Crippen LogP contribution in [0.2, 0.25) is 0 Å². The molecule has 0 unspecified atom stereocenters. The van der Waals surface area contributed by atoms with Gasteiger partial charge in [0.1, 0.15) is 17.2 Å². The van der Waals surface area contributed by atoms with Gasteiger partial charge in [-0.1, -0.05) is 24.3 Å². The van der Waals surface area contributed by atoms with Gasteiger partial charge in [-0.05, 0) is 48.4 Å². The minimum atomic E-state index is -0.287. The summed E-state index contributed by atoms with van der Waals surface area (Å²) in [6.07, 6.45) is 4.44. The molecule has 0 radical (unpaired) electrons. The molecule has 0 spiro atoms. The molecule has 8 heteroatoms. The molecule has 0 aliphatic heterocycles. The lowest BCUT2D eigenvalue weighted by Gasteiger charge is -2.07. The molecule has 0 saturated heterocycles. The zero-order chi connectivity index (χ0) is 22.1. The molecular formula is C24H21FN6O. The van der Waals surface area contributed by atoms with E-state index in [2.05, 4.69) is 20.6 Å². The Morgan fingerprint density at radius 1 is 1.06 bits per heavy atom. The molecule has 0 bridgehead atoms. The number of rotatable bonds is 6. The fourth-order valence-corrected chi connectivity index (χ4v) is 3.71. The van der Waals surface area contributed by atoms with Crippen molar-refractivity contribution in [2.75, 3.05) is 0 Å². The summed E-state index contributed by atoms with van der Waals surface area (Å²) in [6, 6.07) is 16.1. The molecular weight excluding hydrogens is 407 g/mol. The predicted octanol–water partition coefficient (Wildman–Crippen LogP) is 3.74. The van der Waals surface area contributed by atoms with Gasteiger partial charge < -0.3 is 5.32 Å². The Bertz CT molecular complexity index is 1420. The van der Waals surface area contributed by atoms with Crippen molar-refractivity contribution in [2.24, 2.45) is 0 Å². The Morgan fingerprint density at radius 2 is 1.88 bits per heavy atom. The van der Waals surface area contributed by atoms with E-state index < -0.39 is 0 Å². The maximum atomic E-state index is 13.2. The molecule has 160 valence electrons. The van der Waals surface area contributed by atoms with Crippen LogP contribution in [0.5, 0.6) is 0 Å². The highest BCUT2D eigenvalue weighted by Crippen LogP contribution is 2.22. The third kappa shape index (κ3) is 3.82. The van der Waals surface area contributed by atoms with E-state index in [0.717, 1.165) is 27.9 Å². The molecule has 1 N–H and O–H groups in total. The number of aryl methyl sites for hydroxylation is 2. The van der Waals surface area contributed by atoms with E-state index in [1.165, 1.54) is 12.1 Å². The Kier molecular flexibility index (Phi) is 5.10. The minimum Gasteiger partial charge on any atom is -0.352 e. The number of carbonyl (C=O) groups is 1. The molecule has 0 aliphatic rings. The first-order valence-electron chi connectivity index (χ1n) is 10.4. The Hall–Kier alpha value is -4.07. The van der Waals surface area contributed by atoms with E-state index in [1.807, 2.05) is 54.0 Å². The highest BCUT2D eigenvalue weighted by molar-refractivity contribution is 5.77. The van der Waals surface area contributed by atoms with Gasteiger partial charge in [0.15, 0.2) is 5.65 Å². The van der Waals surface area contributed by atoms with E-state index in [-0.39, 0.29) is 11.7 Å². The second kappa shape index (κ2) is 8.22. The summed E-state index contributed by atoms with van der Waals surface area (Å²) >= 11 is 0. The van der Waals surface area contributed by atoms with Gasteiger partial charge in [0, 0.05) is 37.3 Å². The predicted molar refractivity (Wildman–Crippen MR) is 118 cm³/mol. The maximum Gasteiger partial charge on any atom is 0.220 e. The molecule has 0 aliphatic carbocycles. The minimum absolute atomic E-state index is 0.0333. The highest BCUT2D eigenvalue weighted by Gasteiger charge is 2.14. The Labute approximate surface area is 183 Å². The number of hydrogen-bond donors (Lipinski definition) is 1. The lowest BCUT2D eigenvalue weighted by molar-refractivity contribution is -0.121. The molecule has 3 heterocycles. The van der Waals surface area contributed by atoms with E-state index in [4.69, 9.17) is 0 Å². The fraction of sp³-hybridized carbons (Fsp3) is 0.167. The van der Waals surface area contributed by atoms with E-state index in [1.54, 1.807) is 16.6 Å². The number of aromatic nitrogens is 5. The van der Waals surface area contributed by atoms with Crippen LogP contribution in [-0.4, -0.2) is 30.1 Å². The molecule has 1 amide bonds. The zero-order valence-corrected chi connectivity index (χ0v) is 17.5. The summed E-state index contributed by atoms with van der Waals surface area (Å²) in [4.78, 5) is 12.3. The third-order valence-corrected chi connectivity index (χ3v) is 5.54. The molecule has 5 aromatic rings. The van der Waals surface area contributed by atoms with Gasteiger partial charge in [-0.3, -0.25) is 9.20 Å². The average molecular weight is 428 g/mol. The molecule has 5 rings (SSSR count). The number of amides is 1. The summed E-state index contributed by atoms with van der Waals surface area (Å²) in [5.41, 5.74) is 5.24. The number of carbonyl (C=O) groups excluding carboxylic acids is 1. The zero-order valence-electron chi connectivity index (χ0n) is 17.5. The number of benzene rings is 2. The molecule has 3 aromatic heterocycles. The highest BCUT2D eigenvalue weighted by atomic mass is 19.1. The van der Waals surface area contributed by atoms with Crippen molar-refractivity contribution in [1.82, 2.24) is 29.5 Å². The lowest BCUT2D eigenvalue weighted by Crippen LogP contribution is -2.23. The van der Waals surface area contributed by atoms with Gasteiger partial charge >= 0.3 is 0 Å². The first-order chi connectivity index (χ1) is 15.6. The van der Waals surface area contributed by atoms with Gasteiger partial charge in [-0.2, -0.15) is 5.10 Å². The third-order valence-electron chi connectivity index (χ3n) is 5.54. The van der Waals surface area contributed by atoms with E-state index >= 15 is 0 Å². The summed E-state index contributed by atoms with van der Waals surface area (Å²) in [6.45, 7) is 2.54. The van der Waals surface area contributed by atoms with E-state index in [9.17, 15) is 9.18 Å². The second-order valence-corrected chi connectivity index (χ2v) is 7.68. The Balaban J connectivity index is 1.32. The quantitative estimate of drug-likeness (QED) is 0.447. The average Bonchev–Trinajstić information content (AvgIpc) is 3.41. The normalized spacial score (nSPS) is 11.3. The first-order valence-corrected chi connectivity index (χ1v) is 10.4. The number of hydrogen-bond acceptors (Lipinski definition) is 4. The van der Waals surface area contributed by atoms with Crippen molar-refractivity contribution in [2.45, 2.75) is 26.3 Å². The number of nitrogens with one attached hydrogen (secondary N) is 1. The lowest BCUT2D eigenvalue weighted by atomic mass is 10.1. The SMILES string of the molecule is Cc1ccccc1CNC(=O)CCc1nnc2c3cc(-c4ccc(F)cc4)nn3ccn12. The number of halogens is 1. The molecule has 0 saturated carbocycles. The smallest absolute Gasteiger partial charge is 0.220 e. The Morgan fingerprint density at radius 3 is 2.69 bits per heavy atom. The van der Waals surface area contributed by atoms with E-state index in [0.29, 0.717) is 30.9 Å². The summed E-state index contributed by atoms with van der Waals surface area (Å²) < 4.78 is 16.8. The van der Waals surface area contributed by atoms with Crippen LogP contribution in [0, 0.1) is 12.7 Å². The molecule has 0 fully saturated rings. The van der Waals surface area contributed by atoms with Gasteiger partial charge in [0.25, 0.3) is 0 Å². The largest absolute Gasteiger partial charge is 0.352 e. The molecule has 32 heavy (non-hydrogen) atoms. The van der Waals surface area contributed by atoms with Crippen LogP contribution < -0.4 is 5.32 Å². The van der Waals surface area contributed by atoms with Crippen LogP contribution in [0.25, 0.3) is 22.4 Å². The second-order valence-electron chi connectivity index (χ2n) is 7.68. The van der Waals surface area contributed by atoms with Crippen molar-refractivity contribution in [3.05, 3.63) is 89.8 Å². The van der Waals surface area contributed by atoms with Crippen molar-refractivity contribution >= 4 is 17.1 Å². The van der Waals surface area contributed by atoms with Crippen molar-refractivity contribution in [3.8, 4) is 11.3 Å². The van der Waals surface area contributed by atoms with Crippen LogP contribution in [-0.2, 0) is 17.8 Å². The standard InChI is InChI=1S/C24H21FN6O/c1-16-4-2-3-5-18(16)15-26-23(32)11-10-22-27-28-24-21-14-20(17-6-8-19(25)9-7-17)29-31(21)13-12-30(22)24/h2-9,12-14H,10-11,15H2,1H3,(H,26,32). The monoisotopic (exact) mass is 428 g/mol. The topological polar surface area (TPSA) is 76.6 Å². The molecule has 2 aromatic carbocycles. The van der Waals surface area contributed by atoms with Crippen LogP contribution in [0.1, 0.15) is 23.4 Å². The van der Waals surface area contributed by atoms with Crippen LogP contribution in [0.4, 0.5) is 4.39 Å². The van der Waals surface area contributed by atoms with Gasteiger partial charge in [-0.25, -0.2) is 8.91 Å². The molecule has 7 nitrogen and oxygen atoms in total. The van der Waals surface area contributed by atoms with Gasteiger partial charge in [0.2, 0.25) is 5.91 Å². The van der Waals surface area contributed by atoms with Crippen LogP contribution in [0.15, 0.2) is 67.0 Å².